The largest absolute Gasteiger partial charge is 0.493 e. The fourth-order valence-corrected chi connectivity index (χ4v) is 4.87. The Morgan fingerprint density at radius 3 is 1.36 bits per heavy atom. The van der Waals surface area contributed by atoms with E-state index in [0.29, 0.717) is 24.3 Å². The number of ether oxygens (including phenoxy) is 4. The Morgan fingerprint density at radius 1 is 0.718 bits per heavy atom. The molecule has 4 rings (SSSR count). The van der Waals surface area contributed by atoms with Crippen LogP contribution >= 0.6 is 13.5 Å². The van der Waals surface area contributed by atoms with Crippen molar-refractivity contribution in [2.45, 2.75) is 37.8 Å². The predicted molar refractivity (Wildman–Crippen MR) is 158 cm³/mol. The van der Waals surface area contributed by atoms with Crippen LogP contribution in [0.4, 0.5) is 0 Å². The highest BCUT2D eigenvalue weighted by Crippen LogP contribution is 2.37. The molecule has 0 aliphatic carbocycles. The summed E-state index contributed by atoms with van der Waals surface area (Å²) >= 11 is 0. The van der Waals surface area contributed by atoms with E-state index in [0.717, 1.165) is 48.6 Å². The lowest BCUT2D eigenvalue weighted by molar-refractivity contribution is -0.116. The average Bonchev–Trinajstić information content (AvgIpc) is 2.96. The van der Waals surface area contributed by atoms with Gasteiger partial charge in [-0.05, 0) is 84.6 Å². The van der Waals surface area contributed by atoms with Gasteiger partial charge in [0.05, 0.1) is 28.4 Å². The first-order valence-electron chi connectivity index (χ1n) is 12.7. The maximum atomic E-state index is 11.6. The van der Waals surface area contributed by atoms with Gasteiger partial charge in [-0.1, -0.05) is 13.2 Å². The highest BCUT2D eigenvalue weighted by atomic mass is 32.1. The van der Waals surface area contributed by atoms with Crippen LogP contribution in [0.5, 0.6) is 23.0 Å². The van der Waals surface area contributed by atoms with Crippen LogP contribution < -0.4 is 29.6 Å². The molecule has 0 radical (unpaired) electrons. The SMILES string of the molecule is C=CC(=O)C[C@@H]1NCCc2cc(OC)c(OC)cc21.C=CC(=O)C[C@H]1NCCc2cc(OC)c(OC)cc21.S. The third-order valence-electron chi connectivity index (χ3n) is 6.88. The minimum atomic E-state index is 0. The first kappa shape index (κ1) is 31.9. The number of benzene rings is 2. The van der Waals surface area contributed by atoms with E-state index in [9.17, 15) is 9.59 Å². The number of rotatable bonds is 10. The maximum Gasteiger partial charge on any atom is 0.161 e. The van der Waals surface area contributed by atoms with E-state index < -0.39 is 0 Å². The quantitative estimate of drug-likeness (QED) is 0.421. The number of allylic oxidation sites excluding steroid dienone is 2. The lowest BCUT2D eigenvalue weighted by Crippen LogP contribution is -2.31. The van der Waals surface area contributed by atoms with Crippen LogP contribution in [0.1, 0.15) is 47.2 Å². The number of ketones is 2. The van der Waals surface area contributed by atoms with Gasteiger partial charge in [-0.15, -0.1) is 0 Å². The monoisotopic (exact) mass is 556 g/mol. The summed E-state index contributed by atoms with van der Waals surface area (Å²) in [6, 6.07) is 7.96. The molecule has 0 saturated heterocycles. The lowest BCUT2D eigenvalue weighted by atomic mass is 9.91. The number of hydrogen-bond acceptors (Lipinski definition) is 8. The van der Waals surface area contributed by atoms with Crippen molar-refractivity contribution in [3.8, 4) is 23.0 Å². The minimum absolute atomic E-state index is 0. The highest BCUT2D eigenvalue weighted by molar-refractivity contribution is 7.59. The van der Waals surface area contributed by atoms with Crippen LogP contribution in [0.2, 0.25) is 0 Å². The van der Waals surface area contributed by atoms with Gasteiger partial charge in [-0.2, -0.15) is 13.5 Å². The van der Waals surface area contributed by atoms with Crippen molar-refractivity contribution in [1.29, 1.82) is 0 Å². The summed E-state index contributed by atoms with van der Waals surface area (Å²) < 4.78 is 21.3. The molecule has 8 nitrogen and oxygen atoms in total. The van der Waals surface area contributed by atoms with Gasteiger partial charge in [-0.25, -0.2) is 0 Å². The number of carbonyl (C=O) groups is 2. The normalized spacial score (nSPS) is 17.0. The Balaban J connectivity index is 0.000000267. The number of fused-ring (bicyclic) bond motifs is 2. The van der Waals surface area contributed by atoms with Crippen molar-refractivity contribution in [3.63, 3.8) is 0 Å². The summed E-state index contributed by atoms with van der Waals surface area (Å²) in [5.41, 5.74) is 4.63. The number of methoxy groups -OCH3 is 4. The number of nitrogens with one attached hydrogen (secondary N) is 2. The topological polar surface area (TPSA) is 95.1 Å². The minimum Gasteiger partial charge on any atom is -0.493 e. The van der Waals surface area contributed by atoms with Gasteiger partial charge in [-0.3, -0.25) is 9.59 Å². The van der Waals surface area contributed by atoms with Gasteiger partial charge in [0, 0.05) is 24.9 Å². The van der Waals surface area contributed by atoms with E-state index in [2.05, 4.69) is 23.8 Å². The molecule has 2 aromatic carbocycles. The first-order chi connectivity index (χ1) is 18.4. The van der Waals surface area contributed by atoms with E-state index in [1.54, 1.807) is 28.4 Å². The average molecular weight is 557 g/mol. The fraction of sp³-hybridized carbons (Fsp3) is 0.400. The zero-order valence-corrected chi connectivity index (χ0v) is 24.2. The smallest absolute Gasteiger partial charge is 0.161 e. The third-order valence-corrected chi connectivity index (χ3v) is 6.88. The molecule has 2 aliphatic heterocycles. The Labute approximate surface area is 238 Å². The van der Waals surface area contributed by atoms with Gasteiger partial charge in [0.2, 0.25) is 0 Å². The van der Waals surface area contributed by atoms with E-state index in [1.165, 1.54) is 23.3 Å². The van der Waals surface area contributed by atoms with Crippen molar-refractivity contribution in [2.75, 3.05) is 41.5 Å². The molecule has 2 heterocycles. The van der Waals surface area contributed by atoms with E-state index in [1.807, 2.05) is 24.3 Å². The Kier molecular flexibility index (Phi) is 12.6. The van der Waals surface area contributed by atoms with Gasteiger partial charge in [0.25, 0.3) is 0 Å². The number of hydrogen-bond donors (Lipinski definition) is 2. The summed E-state index contributed by atoms with van der Waals surface area (Å²) in [7, 11) is 6.49. The number of carbonyl (C=O) groups excluding carboxylic acids is 2. The zero-order chi connectivity index (χ0) is 27.7. The molecule has 0 bridgehead atoms. The summed E-state index contributed by atoms with van der Waals surface area (Å²) in [6.07, 6.45) is 5.44. The standard InChI is InChI=1S/2C15H19NO3.H2S/c2*1-4-11(17)8-13-12-9-15(19-3)14(18-2)7-10(12)5-6-16-13;/h2*4,7,9,13,16H,1,5-6,8H2,2-3H3;1H2/t2*13-;/m10./s1. The van der Waals surface area contributed by atoms with Crippen LogP contribution in [0.15, 0.2) is 49.6 Å². The van der Waals surface area contributed by atoms with Gasteiger partial charge < -0.3 is 29.6 Å². The molecule has 0 fully saturated rings. The molecule has 2 atom stereocenters. The second-order valence-electron chi connectivity index (χ2n) is 9.07. The van der Waals surface area contributed by atoms with Gasteiger partial charge in [0.15, 0.2) is 34.6 Å². The summed E-state index contributed by atoms with van der Waals surface area (Å²) in [4.78, 5) is 23.1. The molecule has 0 spiro atoms. The molecule has 2 N–H and O–H groups in total. The Morgan fingerprint density at radius 2 is 1.05 bits per heavy atom. The molecule has 39 heavy (non-hydrogen) atoms. The van der Waals surface area contributed by atoms with E-state index in [-0.39, 0.29) is 37.1 Å². The summed E-state index contributed by atoms with van der Waals surface area (Å²) in [5, 5.41) is 6.73. The third kappa shape index (κ3) is 7.88. The zero-order valence-electron chi connectivity index (χ0n) is 23.2. The molecule has 9 heteroatoms. The van der Waals surface area contributed by atoms with Crippen LogP contribution in [-0.4, -0.2) is 53.1 Å². The molecular weight excluding hydrogens is 516 g/mol. The summed E-state index contributed by atoms with van der Waals surface area (Å²) in [6.45, 7) is 8.76. The van der Waals surface area contributed by atoms with Crippen LogP contribution in [0.25, 0.3) is 0 Å². The van der Waals surface area contributed by atoms with Gasteiger partial charge in [0.1, 0.15) is 0 Å². The van der Waals surface area contributed by atoms with Crippen molar-refractivity contribution in [3.05, 3.63) is 71.8 Å². The predicted octanol–water partition coefficient (Wildman–Crippen LogP) is 4.18. The highest BCUT2D eigenvalue weighted by Gasteiger charge is 2.25. The van der Waals surface area contributed by atoms with E-state index in [4.69, 9.17) is 18.9 Å². The molecule has 0 aromatic heterocycles. The molecule has 0 unspecified atom stereocenters. The van der Waals surface area contributed by atoms with Crippen LogP contribution in [0.3, 0.4) is 0 Å². The van der Waals surface area contributed by atoms with Crippen molar-refractivity contribution >= 4 is 25.1 Å². The molecule has 2 aromatic rings. The Bertz CT molecular complexity index is 1090. The van der Waals surface area contributed by atoms with Crippen LogP contribution in [0, 0.1) is 0 Å². The first-order valence-corrected chi connectivity index (χ1v) is 12.7. The molecule has 0 saturated carbocycles. The van der Waals surface area contributed by atoms with Crippen LogP contribution in [-0.2, 0) is 22.4 Å². The van der Waals surface area contributed by atoms with Gasteiger partial charge >= 0.3 is 0 Å². The van der Waals surface area contributed by atoms with E-state index >= 15 is 0 Å². The second kappa shape index (κ2) is 15.4. The summed E-state index contributed by atoms with van der Waals surface area (Å²) in [5.74, 6) is 2.94. The molecular formula is C30H40N2O6S. The maximum absolute atomic E-state index is 11.6. The second-order valence-corrected chi connectivity index (χ2v) is 9.07. The molecule has 212 valence electrons. The lowest BCUT2D eigenvalue weighted by Gasteiger charge is -2.27. The van der Waals surface area contributed by atoms with Crippen molar-refractivity contribution < 1.29 is 28.5 Å². The van der Waals surface area contributed by atoms with Crippen molar-refractivity contribution in [1.82, 2.24) is 10.6 Å². The van der Waals surface area contributed by atoms with Crippen molar-refractivity contribution in [2.24, 2.45) is 0 Å². The molecule has 2 aliphatic rings. The fourth-order valence-electron chi connectivity index (χ4n) is 4.87. The Hall–Kier alpha value is -3.27. The molecule has 0 amide bonds.